The third-order valence-corrected chi connectivity index (χ3v) is 6.67. The first kappa shape index (κ1) is 20.7. The maximum atomic E-state index is 12.3. The van der Waals surface area contributed by atoms with Gasteiger partial charge in [-0.25, -0.2) is 0 Å². The normalized spacial score (nSPS) is 16.6. The number of nitrogens with zero attached hydrogens (tertiary/aromatic N) is 3. The van der Waals surface area contributed by atoms with E-state index in [1.165, 1.54) is 11.3 Å². The molecule has 1 saturated heterocycles. The van der Waals surface area contributed by atoms with Gasteiger partial charge in [0.2, 0.25) is 5.13 Å². The summed E-state index contributed by atoms with van der Waals surface area (Å²) in [7, 11) is 0. The van der Waals surface area contributed by atoms with Gasteiger partial charge in [0.05, 0.1) is 9.93 Å². The molecular weight excluding hydrogens is 494 g/mol. The van der Waals surface area contributed by atoms with Gasteiger partial charge in [-0.05, 0) is 48.2 Å². The van der Waals surface area contributed by atoms with E-state index in [2.05, 4.69) is 20.5 Å². The molecule has 5 nitrogen and oxygen atoms in total. The fourth-order valence-corrected chi connectivity index (χ4v) is 5.06. The average Bonchev–Trinajstić information content (AvgIpc) is 3.25. The molecule has 1 amide bonds. The number of halogens is 4. The van der Waals surface area contributed by atoms with Crippen molar-refractivity contribution in [2.75, 3.05) is 0 Å². The number of thioether (sulfide) groups is 1. The van der Waals surface area contributed by atoms with Gasteiger partial charge in [-0.3, -0.25) is 4.79 Å². The Kier molecular flexibility index (Phi) is 6.15. The Bertz CT molecular complexity index is 1170. The Labute approximate surface area is 193 Å². The lowest BCUT2D eigenvalue weighted by atomic mass is 10.2. The summed E-state index contributed by atoms with van der Waals surface area (Å²) in [5, 5.41) is 14.1. The van der Waals surface area contributed by atoms with Crippen LogP contribution < -0.4 is 5.32 Å². The van der Waals surface area contributed by atoms with Gasteiger partial charge in [0, 0.05) is 26.2 Å². The van der Waals surface area contributed by atoms with Crippen LogP contribution in [0, 0.1) is 0 Å². The fourth-order valence-electron chi connectivity index (χ4n) is 2.38. The van der Waals surface area contributed by atoms with Crippen molar-refractivity contribution < 1.29 is 4.79 Å². The third-order valence-electron chi connectivity index (χ3n) is 3.70. The Morgan fingerprint density at radius 3 is 2.48 bits per heavy atom. The molecule has 11 heteroatoms. The Hall–Kier alpha value is -1.61. The minimum Gasteiger partial charge on any atom is -0.300 e. The zero-order valence-corrected chi connectivity index (χ0v) is 18.8. The second kappa shape index (κ2) is 8.63. The van der Waals surface area contributed by atoms with Crippen LogP contribution in [0.15, 0.2) is 46.3 Å². The summed E-state index contributed by atoms with van der Waals surface area (Å²) in [6, 6.07) is 10.3. The molecule has 0 spiro atoms. The van der Waals surface area contributed by atoms with E-state index in [1.807, 2.05) is 0 Å². The number of amidine groups is 1. The summed E-state index contributed by atoms with van der Waals surface area (Å²) in [4.78, 5) is 17.1. The van der Waals surface area contributed by atoms with Gasteiger partial charge >= 0.3 is 0 Å². The lowest BCUT2D eigenvalue weighted by Crippen LogP contribution is -2.19. The molecule has 0 bridgehead atoms. The van der Waals surface area contributed by atoms with E-state index in [1.54, 1.807) is 42.5 Å². The molecule has 0 atom stereocenters. The monoisotopic (exact) mass is 500 g/mol. The lowest BCUT2D eigenvalue weighted by molar-refractivity contribution is -0.115. The van der Waals surface area contributed by atoms with Crippen LogP contribution in [0.4, 0.5) is 5.13 Å². The SMILES string of the molecule is O=C1NC(=Nc2nnc(-c3ccc(Cl)cc3Cl)s2)SC1=Cc1c(Cl)cccc1Cl. The van der Waals surface area contributed by atoms with Gasteiger partial charge in [0.25, 0.3) is 5.91 Å². The highest BCUT2D eigenvalue weighted by atomic mass is 35.5. The van der Waals surface area contributed by atoms with Crippen LogP contribution >= 0.6 is 69.5 Å². The zero-order chi connectivity index (χ0) is 20.5. The molecular formula is C18H8Cl4N4OS2. The number of rotatable bonds is 3. The molecule has 2 heterocycles. The van der Waals surface area contributed by atoms with Crippen LogP contribution in [0.25, 0.3) is 16.6 Å². The number of benzene rings is 2. The summed E-state index contributed by atoms with van der Waals surface area (Å²) in [6.45, 7) is 0. The van der Waals surface area contributed by atoms with Crippen LogP contribution in [-0.4, -0.2) is 21.3 Å². The first-order chi connectivity index (χ1) is 13.9. The molecule has 146 valence electrons. The molecule has 1 fully saturated rings. The maximum absolute atomic E-state index is 12.3. The number of amides is 1. The van der Waals surface area contributed by atoms with Gasteiger partial charge < -0.3 is 5.32 Å². The average molecular weight is 502 g/mol. The van der Waals surface area contributed by atoms with Crippen LogP contribution in [0.2, 0.25) is 20.1 Å². The van der Waals surface area contributed by atoms with Gasteiger partial charge in [0.15, 0.2) is 10.2 Å². The van der Waals surface area contributed by atoms with Crippen molar-refractivity contribution in [2.24, 2.45) is 4.99 Å². The topological polar surface area (TPSA) is 67.2 Å². The van der Waals surface area contributed by atoms with Crippen molar-refractivity contribution in [3.05, 3.63) is 67.0 Å². The molecule has 4 rings (SSSR count). The van der Waals surface area contributed by atoms with Crippen LogP contribution in [0.5, 0.6) is 0 Å². The summed E-state index contributed by atoms with van der Waals surface area (Å²) >= 11 is 26.9. The molecule has 3 aromatic rings. The highest BCUT2D eigenvalue weighted by molar-refractivity contribution is 8.18. The van der Waals surface area contributed by atoms with E-state index in [9.17, 15) is 4.79 Å². The molecule has 1 aliphatic rings. The fraction of sp³-hybridized carbons (Fsp3) is 0. The summed E-state index contributed by atoms with van der Waals surface area (Å²) in [6.07, 6.45) is 1.63. The number of hydrogen-bond acceptors (Lipinski definition) is 6. The number of aliphatic imine (C=N–C) groups is 1. The third kappa shape index (κ3) is 4.60. The van der Waals surface area contributed by atoms with Crippen molar-refractivity contribution in [3.63, 3.8) is 0 Å². The molecule has 29 heavy (non-hydrogen) atoms. The van der Waals surface area contributed by atoms with E-state index in [-0.39, 0.29) is 5.91 Å². The highest BCUT2D eigenvalue weighted by Crippen LogP contribution is 2.36. The molecule has 2 aromatic carbocycles. The number of hydrogen-bond donors (Lipinski definition) is 1. The molecule has 0 unspecified atom stereocenters. The molecule has 0 aliphatic carbocycles. The van der Waals surface area contributed by atoms with Gasteiger partial charge in [-0.15, -0.1) is 10.2 Å². The van der Waals surface area contributed by atoms with Crippen molar-refractivity contribution in [1.82, 2.24) is 15.5 Å². The van der Waals surface area contributed by atoms with Crippen molar-refractivity contribution >= 4 is 91.8 Å². The number of carbonyl (C=O) groups excluding carboxylic acids is 1. The predicted molar refractivity (Wildman–Crippen MR) is 123 cm³/mol. The van der Waals surface area contributed by atoms with Crippen LogP contribution in [0.1, 0.15) is 5.56 Å². The second-order valence-corrected chi connectivity index (χ2v) is 9.28. The first-order valence-electron chi connectivity index (χ1n) is 7.93. The zero-order valence-electron chi connectivity index (χ0n) is 14.1. The van der Waals surface area contributed by atoms with Gasteiger partial charge in [0.1, 0.15) is 0 Å². The quantitative estimate of drug-likeness (QED) is 0.405. The largest absolute Gasteiger partial charge is 0.300 e. The smallest absolute Gasteiger partial charge is 0.264 e. The Balaban J connectivity index is 1.58. The molecule has 1 N–H and O–H groups in total. The molecule has 1 aliphatic heterocycles. The highest BCUT2D eigenvalue weighted by Gasteiger charge is 2.25. The van der Waals surface area contributed by atoms with Crippen molar-refractivity contribution in [2.45, 2.75) is 0 Å². The van der Waals surface area contributed by atoms with E-state index < -0.39 is 0 Å². The predicted octanol–water partition coefficient (Wildman–Crippen LogP) is 6.71. The Morgan fingerprint density at radius 2 is 1.76 bits per heavy atom. The summed E-state index contributed by atoms with van der Waals surface area (Å²) < 4.78 is 0. The van der Waals surface area contributed by atoms with Crippen molar-refractivity contribution in [1.29, 1.82) is 0 Å². The van der Waals surface area contributed by atoms with Crippen LogP contribution in [0.3, 0.4) is 0 Å². The molecule has 0 saturated carbocycles. The first-order valence-corrected chi connectivity index (χ1v) is 11.1. The van der Waals surface area contributed by atoms with E-state index in [4.69, 9.17) is 46.4 Å². The number of carbonyl (C=O) groups is 1. The lowest BCUT2D eigenvalue weighted by Gasteiger charge is -2.01. The van der Waals surface area contributed by atoms with Gasteiger partial charge in [-0.1, -0.05) is 63.8 Å². The summed E-state index contributed by atoms with van der Waals surface area (Å²) in [5.41, 5.74) is 1.28. The second-order valence-electron chi connectivity index (χ2n) is 5.63. The summed E-state index contributed by atoms with van der Waals surface area (Å²) in [5.74, 6) is -0.296. The number of nitrogens with one attached hydrogen (secondary N) is 1. The van der Waals surface area contributed by atoms with E-state index in [0.717, 1.165) is 11.8 Å². The minimum atomic E-state index is -0.296. The number of aromatic nitrogens is 2. The van der Waals surface area contributed by atoms with Gasteiger partial charge in [-0.2, -0.15) is 4.99 Å². The van der Waals surface area contributed by atoms with Crippen LogP contribution in [-0.2, 0) is 4.79 Å². The molecule has 1 aromatic heterocycles. The van der Waals surface area contributed by atoms with Crippen molar-refractivity contribution in [3.8, 4) is 10.6 Å². The standard InChI is InChI=1S/C18H8Cl4N4OS2/c19-8-4-5-9(13(22)6-8)16-25-26-18(29-16)24-17-23-15(27)14(28-17)7-10-11(20)2-1-3-12(10)21/h1-7H,(H,23,24,26,27). The minimum absolute atomic E-state index is 0.296. The van der Waals surface area contributed by atoms with E-state index in [0.29, 0.717) is 51.4 Å². The Morgan fingerprint density at radius 1 is 1.00 bits per heavy atom. The maximum Gasteiger partial charge on any atom is 0.264 e. The van der Waals surface area contributed by atoms with E-state index >= 15 is 0 Å². The molecule has 0 radical (unpaired) electrons.